The lowest BCUT2D eigenvalue weighted by atomic mass is 10.1. The van der Waals surface area contributed by atoms with Gasteiger partial charge in [-0.2, -0.15) is 0 Å². The first-order valence-corrected chi connectivity index (χ1v) is 13.9. The van der Waals surface area contributed by atoms with Gasteiger partial charge < -0.3 is 29.4 Å². The van der Waals surface area contributed by atoms with Gasteiger partial charge in [-0.1, -0.05) is 118 Å². The molecule has 0 amide bonds. The zero-order valence-electron chi connectivity index (χ0n) is 21.6. The first kappa shape index (κ1) is 44.6. The summed E-state index contributed by atoms with van der Waals surface area (Å²) in [6, 6.07) is 14.8. The van der Waals surface area contributed by atoms with E-state index in [2.05, 4.69) is 63.2 Å². The number of phosphoric acid groups is 2. The molecule has 0 aliphatic carbocycles. The van der Waals surface area contributed by atoms with Crippen LogP contribution in [0.25, 0.3) is 10.8 Å². The molecule has 0 aromatic heterocycles. The van der Waals surface area contributed by atoms with Crippen LogP contribution in [0.2, 0.25) is 0 Å². The van der Waals surface area contributed by atoms with Crippen LogP contribution in [0, 0.1) is 6.92 Å². The molecule has 10 heteroatoms. The van der Waals surface area contributed by atoms with Gasteiger partial charge in [0.25, 0.3) is 0 Å². The summed E-state index contributed by atoms with van der Waals surface area (Å²) in [5.74, 6) is 0. The molecular formula is C22H48O8P2. The maximum Gasteiger partial charge on any atom is 0.466 e. The Bertz CT molecular complexity index is 641. The molecule has 0 spiro atoms. The van der Waals surface area contributed by atoms with E-state index < -0.39 is 15.6 Å². The summed E-state index contributed by atoms with van der Waals surface area (Å²) < 4.78 is 17.8. The maximum atomic E-state index is 8.88. The topological polar surface area (TPSA) is 156 Å². The fraction of sp³-hybridized carbons (Fsp3) is 0.545. The van der Waals surface area contributed by atoms with E-state index in [9.17, 15) is 0 Å². The van der Waals surface area contributed by atoms with Crippen molar-refractivity contribution in [1.82, 2.24) is 0 Å². The molecule has 0 saturated heterocycles. The molecule has 32 heavy (non-hydrogen) atoms. The predicted octanol–water partition coefficient (Wildman–Crippen LogP) is 6.81. The molecule has 0 aliphatic rings. The van der Waals surface area contributed by atoms with E-state index >= 15 is 0 Å². The predicted molar refractivity (Wildman–Crippen MR) is 139 cm³/mol. The van der Waals surface area contributed by atoms with Crippen molar-refractivity contribution in [3.63, 3.8) is 0 Å². The maximum absolute atomic E-state index is 8.88. The van der Waals surface area contributed by atoms with Crippen LogP contribution in [0.3, 0.4) is 0 Å². The Morgan fingerprint density at radius 3 is 1.12 bits per heavy atom. The van der Waals surface area contributed by atoms with Crippen LogP contribution in [0.15, 0.2) is 42.5 Å². The molecule has 0 heterocycles. The van der Waals surface area contributed by atoms with E-state index in [4.69, 9.17) is 38.5 Å². The SMILES string of the molecule is CC.CC.CC.CC.CCC.Cc1cccc2ccccc12.O=P(O)(O)O.O=P(O)(O)O. The lowest BCUT2D eigenvalue weighted by Gasteiger charge is -1.98. The number of hydrogen-bond acceptors (Lipinski definition) is 2. The largest absolute Gasteiger partial charge is 0.466 e. The molecule has 0 atom stereocenters. The molecule has 6 N–H and O–H groups in total. The van der Waals surface area contributed by atoms with Crippen molar-refractivity contribution in [2.45, 2.75) is 82.6 Å². The lowest BCUT2D eigenvalue weighted by molar-refractivity contribution is 0.272. The zero-order valence-corrected chi connectivity index (χ0v) is 23.4. The van der Waals surface area contributed by atoms with Gasteiger partial charge >= 0.3 is 15.6 Å². The molecule has 0 radical (unpaired) electrons. The number of hydrogen-bond donors (Lipinski definition) is 6. The van der Waals surface area contributed by atoms with E-state index in [0.717, 1.165) is 0 Å². The van der Waals surface area contributed by atoms with Gasteiger partial charge in [0.05, 0.1) is 0 Å². The molecule has 0 fully saturated rings. The van der Waals surface area contributed by atoms with Crippen LogP contribution in [-0.4, -0.2) is 29.4 Å². The van der Waals surface area contributed by atoms with Crippen LogP contribution >= 0.6 is 15.6 Å². The van der Waals surface area contributed by atoms with E-state index in [1.165, 1.54) is 22.8 Å². The average molecular weight is 503 g/mol. The molecule has 8 nitrogen and oxygen atoms in total. The number of rotatable bonds is 0. The Morgan fingerprint density at radius 1 is 0.594 bits per heavy atom. The van der Waals surface area contributed by atoms with Crippen molar-refractivity contribution in [2.75, 3.05) is 0 Å². The highest BCUT2D eigenvalue weighted by Crippen LogP contribution is 2.26. The Morgan fingerprint density at radius 2 is 0.844 bits per heavy atom. The van der Waals surface area contributed by atoms with E-state index in [1.54, 1.807) is 0 Å². The van der Waals surface area contributed by atoms with Crippen molar-refractivity contribution in [1.29, 1.82) is 0 Å². The number of benzene rings is 2. The van der Waals surface area contributed by atoms with Gasteiger partial charge in [0.1, 0.15) is 0 Å². The molecular weight excluding hydrogens is 454 g/mol. The van der Waals surface area contributed by atoms with Gasteiger partial charge in [0.15, 0.2) is 0 Å². The van der Waals surface area contributed by atoms with Gasteiger partial charge in [0.2, 0.25) is 0 Å². The van der Waals surface area contributed by atoms with Crippen LogP contribution < -0.4 is 0 Å². The number of aryl methyl sites for hydroxylation is 1. The van der Waals surface area contributed by atoms with Gasteiger partial charge in [-0.15, -0.1) is 0 Å². The molecule has 0 unspecified atom stereocenters. The Hall–Kier alpha value is -1.08. The Kier molecular flexibility index (Phi) is 44.7. The van der Waals surface area contributed by atoms with Crippen LogP contribution in [0.4, 0.5) is 0 Å². The Labute approximate surface area is 195 Å². The van der Waals surface area contributed by atoms with Crippen LogP contribution in [0.5, 0.6) is 0 Å². The highest BCUT2D eigenvalue weighted by molar-refractivity contribution is 7.45. The molecule has 2 aromatic rings. The van der Waals surface area contributed by atoms with Crippen LogP contribution in [0.1, 0.15) is 81.2 Å². The second-order valence-electron chi connectivity index (χ2n) is 4.53. The second kappa shape index (κ2) is 32.1. The quantitative estimate of drug-likeness (QED) is 0.215. The normalized spacial score (nSPS) is 8.53. The van der Waals surface area contributed by atoms with E-state index in [-0.39, 0.29) is 0 Å². The summed E-state index contributed by atoms with van der Waals surface area (Å²) in [4.78, 5) is 43.1. The second-order valence-corrected chi connectivity index (χ2v) is 6.58. The van der Waals surface area contributed by atoms with E-state index in [1.807, 2.05) is 55.4 Å². The van der Waals surface area contributed by atoms with Crippen molar-refractivity contribution < 1.29 is 38.5 Å². The van der Waals surface area contributed by atoms with Gasteiger partial charge in [-0.25, -0.2) is 9.13 Å². The average Bonchev–Trinajstić information content (AvgIpc) is 2.73. The minimum atomic E-state index is -4.64. The van der Waals surface area contributed by atoms with E-state index in [0.29, 0.717) is 0 Å². The highest BCUT2D eigenvalue weighted by Gasteiger charge is 2.00. The molecule has 2 aromatic carbocycles. The first-order valence-electron chi connectivity index (χ1n) is 10.8. The Balaban J connectivity index is -0.0000000696. The minimum absolute atomic E-state index is 1.25. The van der Waals surface area contributed by atoms with Gasteiger partial charge in [-0.3, -0.25) is 0 Å². The lowest BCUT2D eigenvalue weighted by Crippen LogP contribution is -1.75. The van der Waals surface area contributed by atoms with Crippen molar-refractivity contribution in [3.05, 3.63) is 48.0 Å². The highest BCUT2D eigenvalue weighted by atomic mass is 31.2. The number of fused-ring (bicyclic) bond motifs is 1. The van der Waals surface area contributed by atoms with Gasteiger partial charge in [-0.05, 0) is 23.3 Å². The molecule has 0 bridgehead atoms. The summed E-state index contributed by atoms with van der Waals surface area (Å²) >= 11 is 0. The van der Waals surface area contributed by atoms with Crippen molar-refractivity contribution in [3.8, 4) is 0 Å². The summed E-state index contributed by atoms with van der Waals surface area (Å²) in [6.45, 7) is 22.4. The van der Waals surface area contributed by atoms with Gasteiger partial charge in [0, 0.05) is 0 Å². The van der Waals surface area contributed by atoms with Crippen molar-refractivity contribution in [2.24, 2.45) is 0 Å². The fourth-order valence-electron chi connectivity index (χ4n) is 1.39. The summed E-state index contributed by atoms with van der Waals surface area (Å²) in [5.41, 5.74) is 1.35. The molecule has 0 aliphatic heterocycles. The summed E-state index contributed by atoms with van der Waals surface area (Å²) in [7, 11) is -9.28. The molecule has 194 valence electrons. The third-order valence-corrected chi connectivity index (χ3v) is 2.01. The zero-order chi connectivity index (χ0) is 27.4. The fourth-order valence-corrected chi connectivity index (χ4v) is 1.39. The monoisotopic (exact) mass is 502 g/mol. The smallest absolute Gasteiger partial charge is 0.303 e. The standard InChI is InChI=1S/C11H10.C3H8.4C2H6.2H3O4P/c1-9-5-4-7-10-6-2-3-8-11(9)10;1-3-2;4*1-2;2*1-5(2,3)4/h2-8H,1H3;3H2,1-2H3;4*1-2H3;2*(H3,1,2,3,4). The van der Waals surface area contributed by atoms with Crippen molar-refractivity contribution >= 4 is 26.4 Å². The van der Waals surface area contributed by atoms with Crippen LogP contribution in [-0.2, 0) is 9.13 Å². The molecule has 2 rings (SSSR count). The summed E-state index contributed by atoms with van der Waals surface area (Å²) in [5, 5.41) is 2.68. The summed E-state index contributed by atoms with van der Waals surface area (Å²) in [6.07, 6.45) is 1.25. The minimum Gasteiger partial charge on any atom is -0.303 e. The molecule has 0 saturated carbocycles. The third kappa shape index (κ3) is 56.8. The first-order chi connectivity index (χ1) is 14.8. The third-order valence-electron chi connectivity index (χ3n) is 2.01.